The summed E-state index contributed by atoms with van der Waals surface area (Å²) in [4.78, 5) is 42.9. The summed E-state index contributed by atoms with van der Waals surface area (Å²) in [6.45, 7) is 3.46. The van der Waals surface area contributed by atoms with Crippen LogP contribution in [-0.2, 0) is 28.2 Å². The zero-order valence-electron chi connectivity index (χ0n) is 35.8. The summed E-state index contributed by atoms with van der Waals surface area (Å²) in [5, 5.41) is 9.98. The summed E-state index contributed by atoms with van der Waals surface area (Å²) < 4.78 is 26.3. The van der Waals surface area contributed by atoms with Crippen LogP contribution >= 0.6 is 7.82 Å². The molecular weight excluding hydrogens is 739 g/mol. The third-order valence-corrected chi connectivity index (χ3v) is 9.82. The number of carbonyl (C=O) groups excluding carboxylic acids is 2. The number of unbranched alkanes of at least 4 members (excludes halogenated alkanes) is 18. The van der Waals surface area contributed by atoms with Gasteiger partial charge in [-0.2, -0.15) is 0 Å². The van der Waals surface area contributed by atoms with Crippen molar-refractivity contribution in [2.45, 2.75) is 199 Å². The zero-order valence-corrected chi connectivity index (χ0v) is 36.7. The van der Waals surface area contributed by atoms with Crippen LogP contribution in [0.1, 0.15) is 187 Å². The maximum absolute atomic E-state index is 12.4. The summed E-state index contributed by atoms with van der Waals surface area (Å²) in [5.41, 5.74) is 0. The predicted octanol–water partition coefficient (Wildman–Crippen LogP) is 12.8. The van der Waals surface area contributed by atoms with Crippen LogP contribution < -0.4 is 0 Å². The van der Waals surface area contributed by atoms with Crippen LogP contribution in [0.25, 0.3) is 0 Å². The van der Waals surface area contributed by atoms with E-state index in [1.54, 1.807) is 6.08 Å². The van der Waals surface area contributed by atoms with Crippen LogP contribution in [0.5, 0.6) is 0 Å². The number of ether oxygens (including phenoxy) is 2. The number of esters is 2. The second-order valence-electron chi connectivity index (χ2n) is 14.9. The van der Waals surface area contributed by atoms with Crippen molar-refractivity contribution in [3.63, 3.8) is 0 Å². The first-order valence-corrected chi connectivity index (χ1v) is 23.9. The molecule has 1 unspecified atom stereocenters. The van der Waals surface area contributed by atoms with Gasteiger partial charge < -0.3 is 24.4 Å². The Hall–Kier alpha value is -2.55. The number of carbonyl (C=O) groups is 2. The highest BCUT2D eigenvalue weighted by Crippen LogP contribution is 2.36. The molecule has 328 valence electrons. The van der Waals surface area contributed by atoms with Gasteiger partial charge in [-0.15, -0.1) is 0 Å². The third kappa shape index (κ3) is 44.4. The monoisotopic (exact) mass is 821 g/mol. The van der Waals surface area contributed by atoms with Crippen molar-refractivity contribution in [3.05, 3.63) is 72.9 Å². The summed E-state index contributed by atoms with van der Waals surface area (Å²) >= 11 is 0. The number of allylic oxidation sites excluding steroid dienone is 10. The number of aliphatic hydroxyl groups excluding tert-OH is 1. The average molecular weight is 821 g/mol. The summed E-state index contributed by atoms with van der Waals surface area (Å²) in [6, 6.07) is 0. The number of phosphoric ester groups is 1. The first-order chi connectivity index (χ1) is 27.7. The van der Waals surface area contributed by atoms with E-state index in [0.717, 1.165) is 38.5 Å². The lowest BCUT2D eigenvalue weighted by Crippen LogP contribution is -2.29. The third-order valence-electron chi connectivity index (χ3n) is 9.33. The zero-order chi connectivity index (χ0) is 41.9. The summed E-state index contributed by atoms with van der Waals surface area (Å²) in [7, 11) is -4.79. The van der Waals surface area contributed by atoms with Crippen molar-refractivity contribution in [1.82, 2.24) is 0 Å². The van der Waals surface area contributed by atoms with Gasteiger partial charge in [0.2, 0.25) is 0 Å². The largest absolute Gasteiger partial charge is 0.469 e. The van der Waals surface area contributed by atoms with Crippen LogP contribution in [0, 0.1) is 0 Å². The van der Waals surface area contributed by atoms with E-state index in [2.05, 4.69) is 36.6 Å². The molecule has 57 heavy (non-hydrogen) atoms. The maximum atomic E-state index is 12.4. The molecule has 3 N–H and O–H groups in total. The standard InChI is InChI=1S/C47H81O9P/c1-3-5-7-9-11-12-13-14-15-16-17-18-19-20-21-25-28-32-36-40-46(49)54-42-45(43-55-57(51,52)53)56-47(50)41-37-33-29-26-23-22-24-27-31-35-39-44(48)38-34-30-10-8-6-4-2/h6,8,22-23,27,29-31,33-35,39,44-45,48H,3-5,7,9-21,24-26,28,32,36-38,40-43H2,1-2H3,(H2,51,52,53)/b8-6-,23-22-,31-27-,33-29-,34-30-,39-35+/t44?,45-/m1/s1. The van der Waals surface area contributed by atoms with Gasteiger partial charge in [0.15, 0.2) is 6.10 Å². The molecule has 2 atom stereocenters. The molecule has 9 nitrogen and oxygen atoms in total. The molecule has 0 aliphatic carbocycles. The van der Waals surface area contributed by atoms with Crippen LogP contribution in [0.2, 0.25) is 0 Å². The van der Waals surface area contributed by atoms with Gasteiger partial charge in [-0.3, -0.25) is 14.1 Å². The number of phosphoric acid groups is 1. The van der Waals surface area contributed by atoms with E-state index in [4.69, 9.17) is 19.3 Å². The van der Waals surface area contributed by atoms with Crippen LogP contribution in [0.3, 0.4) is 0 Å². The molecule has 10 heteroatoms. The van der Waals surface area contributed by atoms with E-state index >= 15 is 0 Å². The fourth-order valence-corrected chi connectivity index (χ4v) is 6.37. The molecule has 0 bridgehead atoms. The van der Waals surface area contributed by atoms with Crippen molar-refractivity contribution in [2.75, 3.05) is 13.2 Å². The number of aliphatic hydroxyl groups is 1. The fourth-order valence-electron chi connectivity index (χ4n) is 6.01. The van der Waals surface area contributed by atoms with Gasteiger partial charge in [0.1, 0.15) is 6.61 Å². The molecule has 0 aliphatic rings. The van der Waals surface area contributed by atoms with E-state index in [1.165, 1.54) is 96.3 Å². The number of hydrogen-bond acceptors (Lipinski definition) is 7. The quantitative estimate of drug-likeness (QED) is 0.0181. The number of hydrogen-bond donors (Lipinski definition) is 3. The molecule has 0 saturated carbocycles. The summed E-state index contributed by atoms with van der Waals surface area (Å²) in [6.07, 6.45) is 51.0. The average Bonchev–Trinajstić information content (AvgIpc) is 3.18. The molecule has 0 radical (unpaired) electrons. The van der Waals surface area contributed by atoms with Crippen LogP contribution in [0.4, 0.5) is 0 Å². The minimum Gasteiger partial charge on any atom is -0.462 e. The second-order valence-corrected chi connectivity index (χ2v) is 16.1. The van der Waals surface area contributed by atoms with E-state index < -0.39 is 38.6 Å². The Balaban J connectivity index is 4.05. The van der Waals surface area contributed by atoms with Gasteiger partial charge in [0.25, 0.3) is 0 Å². The van der Waals surface area contributed by atoms with Crippen LogP contribution in [-0.4, -0.2) is 52.3 Å². The Morgan fingerprint density at radius 1 is 0.561 bits per heavy atom. The SMILES string of the molecule is CC/C=C\C/C=C\CC(O)/C=C/C=C\C/C=C\C/C=C\CCC(=O)O[C@H](COC(=O)CCCCCCCCCCCCCCCCCCCCC)COP(=O)(O)O. The topological polar surface area (TPSA) is 140 Å². The maximum Gasteiger partial charge on any atom is 0.469 e. The minimum atomic E-state index is -4.79. The fraction of sp³-hybridized carbons (Fsp3) is 0.702. The lowest BCUT2D eigenvalue weighted by molar-refractivity contribution is -0.161. The van der Waals surface area contributed by atoms with Gasteiger partial charge in [-0.25, -0.2) is 4.57 Å². The molecule has 0 aromatic rings. The molecule has 0 aromatic carbocycles. The van der Waals surface area contributed by atoms with Crippen molar-refractivity contribution >= 4 is 19.8 Å². The molecule has 0 aliphatic heterocycles. The highest BCUT2D eigenvalue weighted by molar-refractivity contribution is 7.46. The van der Waals surface area contributed by atoms with E-state index in [9.17, 15) is 19.3 Å². The molecule has 0 saturated heterocycles. The van der Waals surface area contributed by atoms with Gasteiger partial charge in [-0.05, 0) is 44.9 Å². The molecule has 0 fully saturated rings. The van der Waals surface area contributed by atoms with Gasteiger partial charge in [0, 0.05) is 12.8 Å². The Morgan fingerprint density at radius 3 is 1.60 bits per heavy atom. The first-order valence-electron chi connectivity index (χ1n) is 22.3. The lowest BCUT2D eigenvalue weighted by atomic mass is 10.0. The van der Waals surface area contributed by atoms with Gasteiger partial charge in [0.05, 0.1) is 12.7 Å². The normalized spacial score (nSPS) is 13.7. The van der Waals surface area contributed by atoms with Crippen molar-refractivity contribution < 1.29 is 43.0 Å². The van der Waals surface area contributed by atoms with E-state index in [1.807, 2.05) is 48.6 Å². The first kappa shape index (κ1) is 54.5. The highest BCUT2D eigenvalue weighted by atomic mass is 31.2. The van der Waals surface area contributed by atoms with Gasteiger partial charge >= 0.3 is 19.8 Å². The molecule has 0 amide bonds. The highest BCUT2D eigenvalue weighted by Gasteiger charge is 2.22. The smallest absolute Gasteiger partial charge is 0.462 e. The van der Waals surface area contributed by atoms with E-state index in [0.29, 0.717) is 25.7 Å². The van der Waals surface area contributed by atoms with Crippen molar-refractivity contribution in [3.8, 4) is 0 Å². The molecule has 0 heterocycles. The Bertz CT molecular complexity index is 1170. The number of rotatable bonds is 40. The summed E-state index contributed by atoms with van der Waals surface area (Å²) in [5.74, 6) is -1.01. The lowest BCUT2D eigenvalue weighted by Gasteiger charge is -2.18. The molecule has 0 spiro atoms. The second kappa shape index (κ2) is 41.6. The molecular formula is C47H81O9P. The minimum absolute atomic E-state index is 0.0621. The van der Waals surface area contributed by atoms with Crippen LogP contribution in [0.15, 0.2) is 72.9 Å². The van der Waals surface area contributed by atoms with Gasteiger partial charge in [-0.1, -0.05) is 202 Å². The Morgan fingerprint density at radius 2 is 1.05 bits per heavy atom. The van der Waals surface area contributed by atoms with Crippen molar-refractivity contribution in [2.24, 2.45) is 0 Å². The Labute approximate surface area is 347 Å². The Kier molecular flexibility index (Phi) is 39.7. The van der Waals surface area contributed by atoms with E-state index in [-0.39, 0.29) is 19.4 Å². The molecule has 0 rings (SSSR count). The predicted molar refractivity (Wildman–Crippen MR) is 236 cm³/mol. The van der Waals surface area contributed by atoms with Crippen molar-refractivity contribution in [1.29, 1.82) is 0 Å². The molecule has 0 aromatic heterocycles.